The molecule has 2 atom stereocenters. The van der Waals surface area contributed by atoms with Crippen molar-refractivity contribution in [1.82, 2.24) is 9.88 Å². The van der Waals surface area contributed by atoms with Crippen LogP contribution in [0.1, 0.15) is 19.4 Å². The Kier molecular flexibility index (Phi) is 3.82. The minimum Gasteiger partial charge on any atom is -0.389 e. The molecular weight excluding hydrogens is 244 g/mol. The van der Waals surface area contributed by atoms with E-state index in [0.29, 0.717) is 17.1 Å². The standard InChI is InChI=1S/C13H20N4S/c1-9-7-17(8-10(2)16(9)3)13-11(12(14)18)5-4-6-15-13/h4-6,9-10H,7-8H2,1-3H3,(H2,14,18). The molecule has 0 aromatic carbocycles. The van der Waals surface area contributed by atoms with Crippen LogP contribution in [0.4, 0.5) is 5.82 Å². The Morgan fingerprint density at radius 3 is 2.56 bits per heavy atom. The summed E-state index contributed by atoms with van der Waals surface area (Å²) in [6.45, 7) is 6.36. The molecule has 2 unspecified atom stereocenters. The second kappa shape index (κ2) is 5.20. The maximum Gasteiger partial charge on any atom is 0.138 e. The van der Waals surface area contributed by atoms with Crippen molar-refractivity contribution in [2.75, 3.05) is 25.0 Å². The number of pyridine rings is 1. The van der Waals surface area contributed by atoms with Gasteiger partial charge < -0.3 is 10.6 Å². The summed E-state index contributed by atoms with van der Waals surface area (Å²) in [4.78, 5) is 9.54. The molecule has 4 nitrogen and oxygen atoms in total. The summed E-state index contributed by atoms with van der Waals surface area (Å²) in [7, 11) is 2.17. The first-order valence-electron chi connectivity index (χ1n) is 6.22. The van der Waals surface area contributed by atoms with Crippen LogP contribution in [-0.2, 0) is 0 Å². The minimum atomic E-state index is 0.414. The highest BCUT2D eigenvalue weighted by Crippen LogP contribution is 2.22. The molecule has 98 valence electrons. The molecule has 1 aliphatic heterocycles. The summed E-state index contributed by atoms with van der Waals surface area (Å²) < 4.78 is 0. The Hall–Kier alpha value is -1.20. The van der Waals surface area contributed by atoms with Crippen LogP contribution in [0, 0.1) is 0 Å². The average molecular weight is 264 g/mol. The van der Waals surface area contributed by atoms with E-state index in [1.807, 2.05) is 12.1 Å². The number of aromatic nitrogens is 1. The number of nitrogens with zero attached hydrogens (tertiary/aromatic N) is 3. The fourth-order valence-corrected chi connectivity index (χ4v) is 2.58. The number of rotatable bonds is 2. The van der Waals surface area contributed by atoms with E-state index in [0.717, 1.165) is 24.5 Å². The third-order valence-electron chi connectivity index (χ3n) is 3.71. The second-order valence-electron chi connectivity index (χ2n) is 5.01. The van der Waals surface area contributed by atoms with Gasteiger partial charge in [-0.2, -0.15) is 0 Å². The van der Waals surface area contributed by atoms with E-state index in [4.69, 9.17) is 18.0 Å². The van der Waals surface area contributed by atoms with Crippen molar-refractivity contribution < 1.29 is 0 Å². The lowest BCUT2D eigenvalue weighted by molar-refractivity contribution is 0.169. The summed E-state index contributed by atoms with van der Waals surface area (Å²) in [6.07, 6.45) is 1.80. The summed E-state index contributed by atoms with van der Waals surface area (Å²) >= 11 is 5.10. The molecule has 0 bridgehead atoms. The molecule has 5 heteroatoms. The van der Waals surface area contributed by atoms with Gasteiger partial charge in [-0.1, -0.05) is 12.2 Å². The van der Waals surface area contributed by atoms with E-state index in [2.05, 4.69) is 35.7 Å². The van der Waals surface area contributed by atoms with Crippen LogP contribution in [0.25, 0.3) is 0 Å². The molecule has 2 heterocycles. The number of piperazine rings is 1. The van der Waals surface area contributed by atoms with Crippen molar-refractivity contribution in [1.29, 1.82) is 0 Å². The summed E-state index contributed by atoms with van der Waals surface area (Å²) in [5.74, 6) is 0.914. The lowest BCUT2D eigenvalue weighted by Gasteiger charge is -2.43. The highest BCUT2D eigenvalue weighted by atomic mass is 32.1. The molecule has 0 radical (unpaired) electrons. The van der Waals surface area contributed by atoms with Crippen molar-refractivity contribution in [3.05, 3.63) is 23.9 Å². The van der Waals surface area contributed by atoms with Gasteiger partial charge in [0.15, 0.2) is 0 Å². The predicted octanol–water partition coefficient (Wildman–Crippen LogP) is 1.24. The van der Waals surface area contributed by atoms with E-state index in [-0.39, 0.29) is 0 Å². The van der Waals surface area contributed by atoms with Gasteiger partial charge in [0.05, 0.1) is 5.56 Å². The van der Waals surface area contributed by atoms with Gasteiger partial charge >= 0.3 is 0 Å². The van der Waals surface area contributed by atoms with Crippen LogP contribution >= 0.6 is 12.2 Å². The maximum atomic E-state index is 5.77. The first-order chi connectivity index (χ1) is 8.50. The molecule has 1 fully saturated rings. The van der Waals surface area contributed by atoms with Crippen molar-refractivity contribution in [2.24, 2.45) is 5.73 Å². The molecule has 1 aromatic heterocycles. The monoisotopic (exact) mass is 264 g/mol. The molecule has 1 aliphatic rings. The maximum absolute atomic E-state index is 5.77. The van der Waals surface area contributed by atoms with Gasteiger partial charge in [0, 0.05) is 31.4 Å². The Morgan fingerprint density at radius 1 is 1.39 bits per heavy atom. The van der Waals surface area contributed by atoms with Crippen LogP contribution in [0.2, 0.25) is 0 Å². The van der Waals surface area contributed by atoms with Crippen molar-refractivity contribution in [3.63, 3.8) is 0 Å². The van der Waals surface area contributed by atoms with E-state index >= 15 is 0 Å². The van der Waals surface area contributed by atoms with E-state index in [1.165, 1.54) is 0 Å². The summed E-state index contributed by atoms with van der Waals surface area (Å²) in [6, 6.07) is 4.81. The zero-order valence-electron chi connectivity index (χ0n) is 11.1. The normalized spacial score (nSPS) is 25.2. The first kappa shape index (κ1) is 13.2. The summed E-state index contributed by atoms with van der Waals surface area (Å²) in [5.41, 5.74) is 6.64. The molecule has 1 saturated heterocycles. The van der Waals surface area contributed by atoms with Crippen LogP contribution < -0.4 is 10.6 Å². The van der Waals surface area contributed by atoms with Crippen molar-refractivity contribution >= 4 is 23.0 Å². The zero-order chi connectivity index (χ0) is 13.3. The minimum absolute atomic E-state index is 0.414. The van der Waals surface area contributed by atoms with Crippen LogP contribution in [0.5, 0.6) is 0 Å². The van der Waals surface area contributed by atoms with Gasteiger partial charge in [0.1, 0.15) is 10.8 Å². The zero-order valence-corrected chi connectivity index (χ0v) is 11.9. The Morgan fingerprint density at radius 2 is 2.00 bits per heavy atom. The molecular formula is C13H20N4S. The smallest absolute Gasteiger partial charge is 0.138 e. The molecule has 0 spiro atoms. The van der Waals surface area contributed by atoms with Gasteiger partial charge in [-0.15, -0.1) is 0 Å². The van der Waals surface area contributed by atoms with Gasteiger partial charge in [-0.05, 0) is 33.0 Å². The average Bonchev–Trinajstić information content (AvgIpc) is 2.35. The van der Waals surface area contributed by atoms with Gasteiger partial charge in [0.25, 0.3) is 0 Å². The van der Waals surface area contributed by atoms with E-state index in [1.54, 1.807) is 6.20 Å². The van der Waals surface area contributed by atoms with Crippen molar-refractivity contribution in [2.45, 2.75) is 25.9 Å². The number of nitrogens with two attached hydrogens (primary N) is 1. The van der Waals surface area contributed by atoms with E-state index in [9.17, 15) is 0 Å². The van der Waals surface area contributed by atoms with Crippen molar-refractivity contribution in [3.8, 4) is 0 Å². The lowest BCUT2D eigenvalue weighted by Crippen LogP contribution is -2.55. The number of thiocarbonyl (C=S) groups is 1. The van der Waals surface area contributed by atoms with Crippen LogP contribution in [-0.4, -0.2) is 47.1 Å². The second-order valence-corrected chi connectivity index (χ2v) is 5.45. The first-order valence-corrected chi connectivity index (χ1v) is 6.63. The molecule has 1 aromatic rings. The van der Waals surface area contributed by atoms with Gasteiger partial charge in [0.2, 0.25) is 0 Å². The fourth-order valence-electron chi connectivity index (χ4n) is 2.42. The number of likely N-dealkylation sites (N-methyl/N-ethyl adjacent to an activating group) is 1. The summed E-state index contributed by atoms with van der Waals surface area (Å²) in [5, 5.41) is 0. The van der Waals surface area contributed by atoms with Gasteiger partial charge in [-0.25, -0.2) is 4.98 Å². The highest BCUT2D eigenvalue weighted by Gasteiger charge is 2.28. The molecule has 2 rings (SSSR count). The third kappa shape index (κ3) is 2.47. The van der Waals surface area contributed by atoms with E-state index < -0.39 is 0 Å². The van der Waals surface area contributed by atoms with Crippen LogP contribution in [0.3, 0.4) is 0 Å². The predicted molar refractivity (Wildman–Crippen MR) is 79.0 cm³/mol. The fraction of sp³-hybridized carbons (Fsp3) is 0.538. The molecule has 18 heavy (non-hydrogen) atoms. The Bertz CT molecular complexity index is 436. The molecule has 0 saturated carbocycles. The largest absolute Gasteiger partial charge is 0.389 e. The Balaban J connectivity index is 2.30. The third-order valence-corrected chi connectivity index (χ3v) is 3.93. The molecule has 0 amide bonds. The number of hydrogen-bond acceptors (Lipinski definition) is 4. The quantitative estimate of drug-likeness (QED) is 0.814. The SMILES string of the molecule is CC1CN(c2ncccc2C(N)=S)CC(C)N1C. The van der Waals surface area contributed by atoms with Crippen LogP contribution in [0.15, 0.2) is 18.3 Å². The molecule has 0 aliphatic carbocycles. The number of anilines is 1. The number of hydrogen-bond donors (Lipinski definition) is 1. The Labute approximate surface area is 114 Å². The topological polar surface area (TPSA) is 45.4 Å². The highest BCUT2D eigenvalue weighted by molar-refractivity contribution is 7.80. The lowest BCUT2D eigenvalue weighted by atomic mass is 10.1. The molecule has 2 N–H and O–H groups in total. The van der Waals surface area contributed by atoms with Gasteiger partial charge in [-0.3, -0.25) is 4.90 Å².